The van der Waals surface area contributed by atoms with Gasteiger partial charge in [-0.3, -0.25) is 0 Å². The van der Waals surface area contributed by atoms with Gasteiger partial charge >= 0.3 is 0 Å². The first kappa shape index (κ1) is 18.2. The minimum atomic E-state index is -0.177. The van der Waals surface area contributed by atoms with Gasteiger partial charge in [-0.2, -0.15) is 0 Å². The highest BCUT2D eigenvalue weighted by Crippen LogP contribution is 2.68. The fraction of sp³-hybridized carbons (Fsp3) is 0.739. The summed E-state index contributed by atoms with van der Waals surface area (Å²) in [7, 11) is 3.51. The summed E-state index contributed by atoms with van der Waals surface area (Å²) in [4.78, 5) is 0. The predicted octanol–water partition coefficient (Wildman–Crippen LogP) is 4.73. The van der Waals surface area contributed by atoms with Crippen LogP contribution in [0.4, 0.5) is 0 Å². The van der Waals surface area contributed by atoms with Gasteiger partial charge in [0.25, 0.3) is 0 Å². The molecule has 0 bridgehead atoms. The maximum absolute atomic E-state index is 10.7. The summed E-state index contributed by atoms with van der Waals surface area (Å²) in [5, 5.41) is 10.7. The second-order valence-electron chi connectivity index (χ2n) is 10.0. The SMILES string of the molecule is COc1cc2c(c(OC)c1)[C@]1(C)CC[C@H]3C(C)(C)[C@@H](O)CC[C@]3(C)[C@H]1C2. The van der Waals surface area contributed by atoms with Gasteiger partial charge in [0.1, 0.15) is 11.5 Å². The number of methoxy groups -OCH3 is 2. The van der Waals surface area contributed by atoms with E-state index in [9.17, 15) is 5.11 Å². The Hall–Kier alpha value is -1.22. The number of benzene rings is 1. The molecule has 3 aliphatic rings. The lowest BCUT2D eigenvalue weighted by Crippen LogP contribution is -2.58. The van der Waals surface area contributed by atoms with Crippen molar-refractivity contribution in [3.8, 4) is 11.5 Å². The molecule has 0 saturated heterocycles. The van der Waals surface area contributed by atoms with E-state index in [1.807, 2.05) is 0 Å². The van der Waals surface area contributed by atoms with Crippen molar-refractivity contribution in [2.75, 3.05) is 14.2 Å². The lowest BCUT2D eigenvalue weighted by atomic mass is 9.43. The van der Waals surface area contributed by atoms with Crippen LogP contribution in [0.1, 0.15) is 64.5 Å². The van der Waals surface area contributed by atoms with Crippen LogP contribution in [-0.2, 0) is 11.8 Å². The molecule has 26 heavy (non-hydrogen) atoms. The van der Waals surface area contributed by atoms with E-state index in [1.165, 1.54) is 24.0 Å². The number of aliphatic hydroxyl groups is 1. The third kappa shape index (κ3) is 2.16. The summed E-state index contributed by atoms with van der Waals surface area (Å²) in [6.07, 6.45) is 5.31. The predicted molar refractivity (Wildman–Crippen MR) is 104 cm³/mol. The molecule has 2 saturated carbocycles. The fourth-order valence-electron chi connectivity index (χ4n) is 7.25. The number of hydrogen-bond donors (Lipinski definition) is 1. The number of aliphatic hydroxyl groups excluding tert-OH is 1. The number of ether oxygens (including phenoxy) is 2. The van der Waals surface area contributed by atoms with Crippen LogP contribution in [-0.4, -0.2) is 25.4 Å². The Morgan fingerprint density at radius 1 is 0.962 bits per heavy atom. The van der Waals surface area contributed by atoms with Crippen molar-refractivity contribution >= 4 is 0 Å². The highest BCUT2D eigenvalue weighted by Gasteiger charge is 2.63. The topological polar surface area (TPSA) is 38.7 Å². The standard InChI is InChI=1S/C23H34O3/c1-21(2)17-7-9-23(4)18(22(17,3)10-8-19(21)24)12-14-11-15(25-5)13-16(26-6)20(14)23/h11,13,17-19,24H,7-10,12H2,1-6H3/t17-,18+,19-,22-,23+/m0/s1. The van der Waals surface area contributed by atoms with Crippen LogP contribution < -0.4 is 9.47 Å². The molecule has 0 heterocycles. The quantitative estimate of drug-likeness (QED) is 0.830. The lowest BCUT2D eigenvalue weighted by molar-refractivity contribution is -0.151. The molecule has 0 unspecified atom stereocenters. The summed E-state index contributed by atoms with van der Waals surface area (Å²) in [6.45, 7) is 9.53. The Balaban J connectivity index is 1.82. The molecule has 4 rings (SSSR count). The van der Waals surface area contributed by atoms with Gasteiger partial charge in [0.05, 0.1) is 20.3 Å². The molecule has 3 nitrogen and oxygen atoms in total. The first-order valence-electron chi connectivity index (χ1n) is 10.1. The van der Waals surface area contributed by atoms with E-state index >= 15 is 0 Å². The molecule has 144 valence electrons. The van der Waals surface area contributed by atoms with Gasteiger partial charge in [-0.05, 0) is 66.4 Å². The maximum atomic E-state index is 10.7. The molecule has 1 N–H and O–H groups in total. The first-order valence-corrected chi connectivity index (χ1v) is 10.1. The zero-order valence-electron chi connectivity index (χ0n) is 17.2. The molecule has 0 amide bonds. The number of fused-ring (bicyclic) bond motifs is 5. The van der Waals surface area contributed by atoms with Crippen LogP contribution in [0.5, 0.6) is 11.5 Å². The van der Waals surface area contributed by atoms with Crippen molar-refractivity contribution in [2.45, 2.75) is 71.3 Å². The maximum Gasteiger partial charge on any atom is 0.126 e. The van der Waals surface area contributed by atoms with Crippen molar-refractivity contribution in [3.63, 3.8) is 0 Å². The fourth-order valence-corrected chi connectivity index (χ4v) is 7.25. The van der Waals surface area contributed by atoms with Gasteiger partial charge in [0.2, 0.25) is 0 Å². The molecular formula is C23H34O3. The summed E-state index contributed by atoms with van der Waals surface area (Å²) in [5.41, 5.74) is 3.21. The van der Waals surface area contributed by atoms with Gasteiger partial charge in [-0.15, -0.1) is 0 Å². The molecule has 0 radical (unpaired) electrons. The van der Waals surface area contributed by atoms with E-state index in [-0.39, 0.29) is 22.3 Å². The largest absolute Gasteiger partial charge is 0.497 e. The van der Waals surface area contributed by atoms with E-state index in [4.69, 9.17) is 9.47 Å². The number of rotatable bonds is 2. The second-order valence-corrected chi connectivity index (χ2v) is 10.0. The zero-order chi connectivity index (χ0) is 18.9. The smallest absolute Gasteiger partial charge is 0.126 e. The molecule has 3 heteroatoms. The molecule has 5 atom stereocenters. The molecule has 1 aromatic carbocycles. The van der Waals surface area contributed by atoms with Crippen LogP contribution in [0.3, 0.4) is 0 Å². The van der Waals surface area contributed by atoms with E-state index < -0.39 is 0 Å². The Bertz CT molecular complexity index is 724. The van der Waals surface area contributed by atoms with Crippen molar-refractivity contribution in [1.82, 2.24) is 0 Å². The average molecular weight is 359 g/mol. The minimum Gasteiger partial charge on any atom is -0.497 e. The monoisotopic (exact) mass is 358 g/mol. The molecule has 0 aromatic heterocycles. The van der Waals surface area contributed by atoms with E-state index in [0.29, 0.717) is 11.8 Å². The van der Waals surface area contributed by atoms with Crippen molar-refractivity contribution in [3.05, 3.63) is 23.3 Å². The summed E-state index contributed by atoms with van der Waals surface area (Å²) < 4.78 is 11.4. The molecule has 3 aliphatic carbocycles. The zero-order valence-corrected chi connectivity index (χ0v) is 17.2. The first-order chi connectivity index (χ1) is 12.2. The summed E-state index contributed by atoms with van der Waals surface area (Å²) in [5.74, 6) is 3.04. The van der Waals surface area contributed by atoms with Crippen molar-refractivity contribution in [2.24, 2.45) is 22.7 Å². The molecule has 1 aromatic rings. The number of hydrogen-bond acceptors (Lipinski definition) is 3. The van der Waals surface area contributed by atoms with Crippen LogP contribution in [0.25, 0.3) is 0 Å². The third-order valence-corrected chi connectivity index (χ3v) is 8.64. The minimum absolute atomic E-state index is 0.00905. The molecule has 0 aliphatic heterocycles. The summed E-state index contributed by atoms with van der Waals surface area (Å²) >= 11 is 0. The lowest BCUT2D eigenvalue weighted by Gasteiger charge is -2.62. The van der Waals surface area contributed by atoms with Crippen molar-refractivity contribution < 1.29 is 14.6 Å². The Labute approximate surface area is 158 Å². The van der Waals surface area contributed by atoms with E-state index in [2.05, 4.69) is 39.8 Å². The van der Waals surface area contributed by atoms with Crippen LogP contribution in [0.2, 0.25) is 0 Å². The van der Waals surface area contributed by atoms with Crippen LogP contribution >= 0.6 is 0 Å². The Morgan fingerprint density at radius 3 is 2.35 bits per heavy atom. The van der Waals surface area contributed by atoms with Crippen LogP contribution in [0, 0.1) is 22.7 Å². The Kier molecular flexibility index (Phi) is 3.94. The van der Waals surface area contributed by atoms with Gasteiger partial charge in [0.15, 0.2) is 0 Å². The van der Waals surface area contributed by atoms with Crippen LogP contribution in [0.15, 0.2) is 12.1 Å². The average Bonchev–Trinajstić information content (AvgIpc) is 2.92. The highest BCUT2D eigenvalue weighted by molar-refractivity contribution is 5.55. The third-order valence-electron chi connectivity index (χ3n) is 8.64. The van der Waals surface area contributed by atoms with Crippen molar-refractivity contribution in [1.29, 1.82) is 0 Å². The van der Waals surface area contributed by atoms with E-state index in [0.717, 1.165) is 30.8 Å². The Morgan fingerprint density at radius 2 is 1.69 bits per heavy atom. The molecule has 2 fully saturated rings. The normalized spacial score (nSPS) is 40.3. The van der Waals surface area contributed by atoms with Gasteiger partial charge in [-0.1, -0.05) is 27.7 Å². The van der Waals surface area contributed by atoms with Gasteiger partial charge < -0.3 is 14.6 Å². The van der Waals surface area contributed by atoms with Gasteiger partial charge in [-0.25, -0.2) is 0 Å². The highest BCUT2D eigenvalue weighted by atomic mass is 16.5. The van der Waals surface area contributed by atoms with E-state index in [1.54, 1.807) is 14.2 Å². The molecule has 0 spiro atoms. The molecular weight excluding hydrogens is 324 g/mol. The van der Waals surface area contributed by atoms with Gasteiger partial charge in [0, 0.05) is 17.0 Å². The second kappa shape index (κ2) is 5.64. The summed E-state index contributed by atoms with van der Waals surface area (Å²) in [6, 6.07) is 4.28.